The molecule has 1 unspecified atom stereocenters. The molecule has 0 aliphatic heterocycles. The normalized spacial score (nSPS) is 22.3. The van der Waals surface area contributed by atoms with Gasteiger partial charge in [-0.05, 0) is 56.2 Å². The van der Waals surface area contributed by atoms with Gasteiger partial charge in [-0.25, -0.2) is 0 Å². The van der Waals surface area contributed by atoms with Crippen molar-refractivity contribution in [3.05, 3.63) is 34.3 Å². The van der Waals surface area contributed by atoms with Gasteiger partial charge in [0, 0.05) is 10.5 Å². The number of hydrogen-bond acceptors (Lipinski definition) is 1. The Morgan fingerprint density at radius 3 is 2.44 bits per heavy atom. The summed E-state index contributed by atoms with van der Waals surface area (Å²) in [6, 6.07) is 8.52. The summed E-state index contributed by atoms with van der Waals surface area (Å²) in [5.41, 5.74) is 0.926. The van der Waals surface area contributed by atoms with E-state index in [0.717, 1.165) is 28.8 Å². The van der Waals surface area contributed by atoms with E-state index in [4.69, 9.17) is 0 Å². The van der Waals surface area contributed by atoms with Crippen LogP contribution in [0.25, 0.3) is 0 Å². The van der Waals surface area contributed by atoms with Crippen LogP contribution in [0.15, 0.2) is 28.7 Å². The minimum atomic E-state index is -0.232. The Balaban J connectivity index is 1.73. The molecule has 0 saturated heterocycles. The van der Waals surface area contributed by atoms with Crippen LogP contribution in [0.4, 0.5) is 0 Å². The molecule has 3 heteroatoms. The van der Waals surface area contributed by atoms with Crippen molar-refractivity contribution < 1.29 is 4.79 Å². The van der Waals surface area contributed by atoms with Crippen LogP contribution in [0, 0.1) is 5.92 Å². The van der Waals surface area contributed by atoms with Gasteiger partial charge in [0.2, 0.25) is 5.91 Å². The summed E-state index contributed by atoms with van der Waals surface area (Å²) in [4.78, 5) is 12.4. The number of hydrogen-bond donors (Lipinski definition) is 1. The molecule has 1 aromatic carbocycles. The summed E-state index contributed by atoms with van der Waals surface area (Å²) in [6.45, 7) is 2.13. The third-order valence-corrected chi connectivity index (χ3v) is 4.80. The minimum absolute atomic E-state index is 0.226. The average molecular weight is 308 g/mol. The highest BCUT2D eigenvalue weighted by Crippen LogP contribution is 2.49. The fraction of sp³-hybridized carbons (Fsp3) is 0.533. The fourth-order valence-electron chi connectivity index (χ4n) is 2.60. The quantitative estimate of drug-likeness (QED) is 0.907. The van der Waals surface area contributed by atoms with Gasteiger partial charge in [-0.1, -0.05) is 28.1 Å². The molecule has 1 N–H and O–H groups in total. The van der Waals surface area contributed by atoms with E-state index in [1.807, 2.05) is 12.1 Å². The average Bonchev–Trinajstić information content (AvgIpc) is 3.22. The molecular formula is C15H18BrNO. The maximum absolute atomic E-state index is 12.4. The van der Waals surface area contributed by atoms with Crippen LogP contribution in [-0.2, 0) is 10.2 Å². The van der Waals surface area contributed by atoms with Crippen molar-refractivity contribution in [1.29, 1.82) is 0 Å². The van der Waals surface area contributed by atoms with Crippen molar-refractivity contribution in [2.24, 2.45) is 5.92 Å². The lowest BCUT2D eigenvalue weighted by Gasteiger charge is -2.20. The van der Waals surface area contributed by atoms with Crippen molar-refractivity contribution in [1.82, 2.24) is 5.32 Å². The second-order valence-electron chi connectivity index (χ2n) is 5.69. The highest BCUT2D eigenvalue weighted by atomic mass is 79.9. The van der Waals surface area contributed by atoms with E-state index in [1.165, 1.54) is 12.8 Å². The number of carbonyl (C=O) groups is 1. The van der Waals surface area contributed by atoms with Crippen LogP contribution in [0.2, 0.25) is 0 Å². The van der Waals surface area contributed by atoms with Crippen molar-refractivity contribution in [3.63, 3.8) is 0 Å². The van der Waals surface area contributed by atoms with Gasteiger partial charge in [-0.2, -0.15) is 0 Å². The smallest absolute Gasteiger partial charge is 0.230 e. The van der Waals surface area contributed by atoms with Crippen molar-refractivity contribution in [2.75, 3.05) is 0 Å². The molecule has 3 rings (SSSR count). The number of amides is 1. The molecule has 1 atom stereocenters. The summed E-state index contributed by atoms with van der Waals surface area (Å²) in [5, 5.41) is 3.21. The zero-order chi connectivity index (χ0) is 12.8. The van der Waals surface area contributed by atoms with E-state index in [2.05, 4.69) is 40.3 Å². The zero-order valence-corrected chi connectivity index (χ0v) is 12.2. The van der Waals surface area contributed by atoms with E-state index in [0.29, 0.717) is 6.04 Å². The Kier molecular flexibility index (Phi) is 2.97. The summed E-state index contributed by atoms with van der Waals surface area (Å²) >= 11 is 3.44. The van der Waals surface area contributed by atoms with E-state index < -0.39 is 0 Å². The van der Waals surface area contributed by atoms with E-state index in [9.17, 15) is 4.79 Å². The lowest BCUT2D eigenvalue weighted by atomic mass is 9.94. The molecule has 1 amide bonds. The third-order valence-electron chi connectivity index (χ3n) is 4.27. The molecule has 18 heavy (non-hydrogen) atoms. The molecule has 2 nitrogen and oxygen atoms in total. The molecule has 0 radical (unpaired) electrons. The molecule has 0 aromatic heterocycles. The van der Waals surface area contributed by atoms with Crippen molar-refractivity contribution in [2.45, 2.75) is 44.1 Å². The Morgan fingerprint density at radius 1 is 1.33 bits per heavy atom. The van der Waals surface area contributed by atoms with Gasteiger partial charge < -0.3 is 5.32 Å². The summed E-state index contributed by atoms with van der Waals surface area (Å²) in [7, 11) is 0. The maximum Gasteiger partial charge on any atom is 0.230 e. The van der Waals surface area contributed by atoms with Crippen LogP contribution in [0.5, 0.6) is 0 Å². The van der Waals surface area contributed by atoms with Crippen LogP contribution in [-0.4, -0.2) is 11.9 Å². The Morgan fingerprint density at radius 2 is 1.94 bits per heavy atom. The van der Waals surface area contributed by atoms with Gasteiger partial charge in [0.15, 0.2) is 0 Å². The SMILES string of the molecule is CC(NC(=O)C1(c2ccc(Br)cc2)CC1)C1CC1. The van der Waals surface area contributed by atoms with E-state index in [-0.39, 0.29) is 11.3 Å². The number of carbonyl (C=O) groups excluding carboxylic acids is 1. The monoisotopic (exact) mass is 307 g/mol. The molecule has 0 heterocycles. The fourth-order valence-corrected chi connectivity index (χ4v) is 2.86. The molecule has 2 fully saturated rings. The number of nitrogens with one attached hydrogen (secondary N) is 1. The van der Waals surface area contributed by atoms with E-state index >= 15 is 0 Å². The maximum atomic E-state index is 12.4. The zero-order valence-electron chi connectivity index (χ0n) is 10.6. The Bertz CT molecular complexity index is 460. The molecule has 2 aliphatic carbocycles. The minimum Gasteiger partial charge on any atom is -0.353 e. The standard InChI is InChI=1S/C15H18BrNO/c1-10(11-2-3-11)17-14(18)15(8-9-15)12-4-6-13(16)7-5-12/h4-7,10-11H,2-3,8-9H2,1H3,(H,17,18). The van der Waals surface area contributed by atoms with Gasteiger partial charge in [-0.15, -0.1) is 0 Å². The van der Waals surface area contributed by atoms with Crippen LogP contribution < -0.4 is 5.32 Å². The number of benzene rings is 1. The topological polar surface area (TPSA) is 29.1 Å². The lowest BCUT2D eigenvalue weighted by Crippen LogP contribution is -2.41. The highest BCUT2D eigenvalue weighted by Gasteiger charge is 2.51. The van der Waals surface area contributed by atoms with Crippen molar-refractivity contribution in [3.8, 4) is 0 Å². The Hall–Kier alpha value is -0.830. The first-order valence-electron chi connectivity index (χ1n) is 6.69. The number of rotatable bonds is 4. The number of halogens is 1. The molecule has 0 bridgehead atoms. The van der Waals surface area contributed by atoms with Crippen LogP contribution in [0.3, 0.4) is 0 Å². The molecular weight excluding hydrogens is 290 g/mol. The Labute approximate surface area is 116 Å². The van der Waals surface area contributed by atoms with Crippen LogP contribution in [0.1, 0.15) is 38.2 Å². The predicted octanol–water partition coefficient (Wildman–Crippen LogP) is 3.40. The largest absolute Gasteiger partial charge is 0.353 e. The summed E-state index contributed by atoms with van der Waals surface area (Å²) < 4.78 is 1.06. The molecule has 1 aromatic rings. The molecule has 0 spiro atoms. The molecule has 2 saturated carbocycles. The van der Waals surface area contributed by atoms with Gasteiger partial charge in [0.1, 0.15) is 0 Å². The van der Waals surface area contributed by atoms with Crippen molar-refractivity contribution >= 4 is 21.8 Å². The predicted molar refractivity (Wildman–Crippen MR) is 75.4 cm³/mol. The lowest BCUT2D eigenvalue weighted by molar-refractivity contribution is -0.124. The van der Waals surface area contributed by atoms with Gasteiger partial charge >= 0.3 is 0 Å². The highest BCUT2D eigenvalue weighted by molar-refractivity contribution is 9.10. The second kappa shape index (κ2) is 4.37. The first-order chi connectivity index (χ1) is 8.62. The first kappa shape index (κ1) is 12.2. The van der Waals surface area contributed by atoms with Gasteiger partial charge in [-0.3, -0.25) is 4.79 Å². The van der Waals surface area contributed by atoms with Crippen LogP contribution >= 0.6 is 15.9 Å². The van der Waals surface area contributed by atoms with Gasteiger partial charge in [0.25, 0.3) is 0 Å². The van der Waals surface area contributed by atoms with E-state index in [1.54, 1.807) is 0 Å². The first-order valence-corrected chi connectivity index (χ1v) is 7.48. The third kappa shape index (κ3) is 2.20. The molecule has 2 aliphatic rings. The van der Waals surface area contributed by atoms with Gasteiger partial charge in [0.05, 0.1) is 5.41 Å². The summed E-state index contributed by atoms with van der Waals surface area (Å²) in [6.07, 6.45) is 4.51. The molecule has 96 valence electrons. The summed E-state index contributed by atoms with van der Waals surface area (Å²) in [5.74, 6) is 0.943. The second-order valence-corrected chi connectivity index (χ2v) is 6.60.